The largest absolute Gasteiger partial charge is 0.314 e. The lowest BCUT2D eigenvalue weighted by Gasteiger charge is -2.22. The van der Waals surface area contributed by atoms with Crippen molar-refractivity contribution in [3.8, 4) is 11.1 Å². The molecule has 0 aromatic heterocycles. The highest BCUT2D eigenvalue weighted by Gasteiger charge is 2.11. The molecule has 1 saturated carbocycles. The molecular weight excluding hydrogens is 298 g/mol. The summed E-state index contributed by atoms with van der Waals surface area (Å²) < 4.78 is 0. The van der Waals surface area contributed by atoms with Crippen molar-refractivity contribution in [3.05, 3.63) is 54.6 Å². The minimum absolute atomic E-state index is 0.783. The van der Waals surface area contributed by atoms with E-state index in [0.717, 1.165) is 12.6 Å². The van der Waals surface area contributed by atoms with Gasteiger partial charge in [0.25, 0.3) is 0 Å². The Kier molecular flexibility index (Phi) is 6.60. The fraction of sp³-hybridized carbons (Fsp3) is 0.429. The molecule has 2 heteroatoms. The van der Waals surface area contributed by atoms with Gasteiger partial charge in [-0.15, -0.1) is 11.8 Å². The zero-order valence-electron chi connectivity index (χ0n) is 13.8. The summed E-state index contributed by atoms with van der Waals surface area (Å²) >= 11 is 1.99. The Bertz CT molecular complexity index is 575. The van der Waals surface area contributed by atoms with Gasteiger partial charge in [0.1, 0.15) is 0 Å². The molecule has 2 aromatic rings. The fourth-order valence-electron chi connectivity index (χ4n) is 3.32. The smallest absolute Gasteiger partial charge is 0.0150 e. The maximum atomic E-state index is 3.74. The first-order chi connectivity index (χ1) is 11.4. The summed E-state index contributed by atoms with van der Waals surface area (Å²) in [7, 11) is 0. The van der Waals surface area contributed by atoms with Crippen molar-refractivity contribution >= 4 is 11.8 Å². The summed E-state index contributed by atoms with van der Waals surface area (Å²) in [6.45, 7) is 1.16. The van der Waals surface area contributed by atoms with Gasteiger partial charge < -0.3 is 5.32 Å². The van der Waals surface area contributed by atoms with Crippen molar-refractivity contribution in [1.82, 2.24) is 5.32 Å². The summed E-state index contributed by atoms with van der Waals surface area (Å²) in [6.07, 6.45) is 8.26. The average Bonchev–Trinajstić information content (AvgIpc) is 2.63. The minimum atomic E-state index is 0.783. The number of nitrogens with one attached hydrogen (secondary N) is 1. The molecular formula is C21H27NS. The second kappa shape index (κ2) is 9.14. The van der Waals surface area contributed by atoms with Crippen LogP contribution in [0.15, 0.2) is 59.5 Å². The van der Waals surface area contributed by atoms with Gasteiger partial charge in [0.2, 0.25) is 0 Å². The summed E-state index contributed by atoms with van der Waals surface area (Å²) in [5.41, 5.74) is 2.68. The summed E-state index contributed by atoms with van der Waals surface area (Å²) in [4.78, 5) is 1.40. The molecule has 0 radical (unpaired) electrons. The third-order valence-electron chi connectivity index (χ3n) is 4.59. The standard InChI is InChI=1S/C21H27NS/c1-3-10-18(11-4-1)20-14-7-8-15-21(20)23-17-9-16-22-19-12-5-2-6-13-19/h1,3-4,7-8,10-11,14-15,19,22H,2,5-6,9,12-13,16-17H2. The van der Waals surface area contributed by atoms with Gasteiger partial charge in [-0.25, -0.2) is 0 Å². The molecule has 1 aliphatic carbocycles. The van der Waals surface area contributed by atoms with Gasteiger partial charge in [-0.2, -0.15) is 0 Å². The minimum Gasteiger partial charge on any atom is -0.314 e. The Morgan fingerprint density at radius 2 is 1.61 bits per heavy atom. The van der Waals surface area contributed by atoms with Crippen LogP contribution in [0.25, 0.3) is 11.1 Å². The van der Waals surface area contributed by atoms with Crippen molar-refractivity contribution in [2.75, 3.05) is 12.3 Å². The molecule has 1 aliphatic rings. The van der Waals surface area contributed by atoms with E-state index in [1.54, 1.807) is 0 Å². The third-order valence-corrected chi connectivity index (χ3v) is 5.75. The van der Waals surface area contributed by atoms with E-state index in [0.29, 0.717) is 0 Å². The third kappa shape index (κ3) is 5.12. The van der Waals surface area contributed by atoms with Crippen LogP contribution in [0.4, 0.5) is 0 Å². The monoisotopic (exact) mass is 325 g/mol. The zero-order chi connectivity index (χ0) is 15.7. The Balaban J connectivity index is 1.47. The van der Waals surface area contributed by atoms with Gasteiger partial charge in [0.05, 0.1) is 0 Å². The first kappa shape index (κ1) is 16.6. The van der Waals surface area contributed by atoms with Gasteiger partial charge in [0.15, 0.2) is 0 Å². The molecule has 0 unspecified atom stereocenters. The first-order valence-electron chi connectivity index (χ1n) is 8.94. The molecule has 23 heavy (non-hydrogen) atoms. The van der Waals surface area contributed by atoms with Crippen LogP contribution in [0.3, 0.4) is 0 Å². The number of hydrogen-bond donors (Lipinski definition) is 1. The molecule has 122 valence electrons. The molecule has 0 amide bonds. The fourth-order valence-corrected chi connectivity index (χ4v) is 4.34. The highest BCUT2D eigenvalue weighted by Crippen LogP contribution is 2.31. The van der Waals surface area contributed by atoms with Crippen molar-refractivity contribution in [1.29, 1.82) is 0 Å². The van der Waals surface area contributed by atoms with E-state index in [4.69, 9.17) is 0 Å². The summed E-state index contributed by atoms with van der Waals surface area (Å²) in [5, 5.41) is 3.74. The number of rotatable bonds is 7. The highest BCUT2D eigenvalue weighted by atomic mass is 32.2. The van der Waals surface area contributed by atoms with Crippen LogP contribution in [0.5, 0.6) is 0 Å². The van der Waals surface area contributed by atoms with Crippen LogP contribution >= 0.6 is 11.8 Å². The maximum absolute atomic E-state index is 3.74. The molecule has 0 bridgehead atoms. The van der Waals surface area contributed by atoms with E-state index in [1.165, 1.54) is 60.3 Å². The second-order valence-corrected chi connectivity index (χ2v) is 7.49. The lowest BCUT2D eigenvalue weighted by atomic mass is 9.95. The number of thioether (sulfide) groups is 1. The molecule has 2 aromatic carbocycles. The van der Waals surface area contributed by atoms with Crippen LogP contribution in [0.2, 0.25) is 0 Å². The SMILES string of the molecule is c1ccc(-c2ccccc2SCCCNC2CCCCC2)cc1. The lowest BCUT2D eigenvalue weighted by Crippen LogP contribution is -2.31. The number of hydrogen-bond acceptors (Lipinski definition) is 2. The van der Waals surface area contributed by atoms with Crippen LogP contribution < -0.4 is 5.32 Å². The quantitative estimate of drug-likeness (QED) is 0.513. The Labute approximate surface area is 144 Å². The summed E-state index contributed by atoms with van der Waals surface area (Å²) in [6, 6.07) is 20.3. The predicted molar refractivity (Wildman–Crippen MR) is 102 cm³/mol. The van der Waals surface area contributed by atoms with Gasteiger partial charge in [-0.1, -0.05) is 67.8 Å². The molecule has 3 rings (SSSR count). The van der Waals surface area contributed by atoms with Gasteiger partial charge >= 0.3 is 0 Å². The Hall–Kier alpha value is -1.25. The van der Waals surface area contributed by atoms with Crippen molar-refractivity contribution < 1.29 is 0 Å². The topological polar surface area (TPSA) is 12.0 Å². The van der Waals surface area contributed by atoms with E-state index < -0.39 is 0 Å². The average molecular weight is 326 g/mol. The normalized spacial score (nSPS) is 15.7. The molecule has 0 heterocycles. The van der Waals surface area contributed by atoms with E-state index >= 15 is 0 Å². The highest BCUT2D eigenvalue weighted by molar-refractivity contribution is 7.99. The van der Waals surface area contributed by atoms with Crippen LogP contribution in [-0.4, -0.2) is 18.3 Å². The number of benzene rings is 2. The van der Waals surface area contributed by atoms with Gasteiger partial charge in [0, 0.05) is 10.9 Å². The van der Waals surface area contributed by atoms with E-state index in [-0.39, 0.29) is 0 Å². The molecule has 1 fully saturated rings. The van der Waals surface area contributed by atoms with Crippen LogP contribution in [0.1, 0.15) is 38.5 Å². The predicted octanol–water partition coefficient (Wildman–Crippen LogP) is 5.76. The van der Waals surface area contributed by atoms with Crippen LogP contribution in [-0.2, 0) is 0 Å². The van der Waals surface area contributed by atoms with E-state index in [2.05, 4.69) is 59.9 Å². The second-order valence-electron chi connectivity index (χ2n) is 6.35. The molecule has 0 spiro atoms. The first-order valence-corrected chi connectivity index (χ1v) is 9.93. The van der Waals surface area contributed by atoms with Gasteiger partial charge in [-0.3, -0.25) is 0 Å². The van der Waals surface area contributed by atoms with Crippen molar-refractivity contribution in [2.45, 2.75) is 49.5 Å². The van der Waals surface area contributed by atoms with Crippen molar-refractivity contribution in [3.63, 3.8) is 0 Å². The molecule has 0 atom stereocenters. The summed E-state index contributed by atoms with van der Waals surface area (Å²) in [5.74, 6) is 1.18. The van der Waals surface area contributed by atoms with Gasteiger partial charge in [-0.05, 0) is 48.8 Å². The lowest BCUT2D eigenvalue weighted by molar-refractivity contribution is 0.375. The molecule has 1 nitrogen and oxygen atoms in total. The van der Waals surface area contributed by atoms with E-state index in [9.17, 15) is 0 Å². The van der Waals surface area contributed by atoms with Crippen molar-refractivity contribution in [2.24, 2.45) is 0 Å². The maximum Gasteiger partial charge on any atom is 0.0150 e. The van der Waals surface area contributed by atoms with Crippen LogP contribution in [0, 0.1) is 0 Å². The zero-order valence-corrected chi connectivity index (χ0v) is 14.7. The molecule has 1 N–H and O–H groups in total. The molecule has 0 aliphatic heterocycles. The molecule has 0 saturated heterocycles. The Morgan fingerprint density at radius 1 is 0.870 bits per heavy atom. The Morgan fingerprint density at radius 3 is 2.43 bits per heavy atom. The van der Waals surface area contributed by atoms with E-state index in [1.807, 2.05) is 11.8 Å².